The van der Waals surface area contributed by atoms with Crippen LogP contribution in [0.3, 0.4) is 0 Å². The van der Waals surface area contributed by atoms with Crippen molar-refractivity contribution in [3.8, 4) is 11.6 Å². The van der Waals surface area contributed by atoms with Gasteiger partial charge in [0, 0.05) is 31.5 Å². The van der Waals surface area contributed by atoms with Crippen molar-refractivity contribution in [3.63, 3.8) is 0 Å². The van der Waals surface area contributed by atoms with Gasteiger partial charge in [-0.3, -0.25) is 4.79 Å². The normalized spacial score (nSPS) is 10.3. The van der Waals surface area contributed by atoms with Crippen LogP contribution < -0.4 is 15.4 Å². The lowest BCUT2D eigenvalue weighted by molar-refractivity contribution is -0.123. The number of aromatic nitrogens is 3. The van der Waals surface area contributed by atoms with E-state index in [4.69, 9.17) is 4.74 Å². The number of halogens is 1. The van der Waals surface area contributed by atoms with E-state index in [-0.39, 0.29) is 18.3 Å². The highest BCUT2D eigenvalue weighted by Crippen LogP contribution is 2.14. The fourth-order valence-electron chi connectivity index (χ4n) is 2.22. The topological polar surface area (TPSA) is 81.1 Å². The maximum Gasteiger partial charge on any atom is 0.258 e. The molecule has 0 atom stereocenters. The molecule has 0 radical (unpaired) electrons. The molecule has 134 valence electrons. The van der Waals surface area contributed by atoms with E-state index in [1.807, 2.05) is 35.2 Å². The largest absolute Gasteiger partial charge is 0.481 e. The molecule has 26 heavy (non-hydrogen) atoms. The van der Waals surface area contributed by atoms with Crippen molar-refractivity contribution in [2.24, 2.45) is 0 Å². The third-order valence-electron chi connectivity index (χ3n) is 3.47. The second-order valence-electron chi connectivity index (χ2n) is 5.35. The molecule has 0 unspecified atom stereocenters. The first-order valence-electron chi connectivity index (χ1n) is 8.05. The molecule has 1 aromatic carbocycles. The lowest BCUT2D eigenvalue weighted by Crippen LogP contribution is -2.32. The lowest BCUT2D eigenvalue weighted by atomic mass is 10.3. The summed E-state index contributed by atoms with van der Waals surface area (Å²) in [6, 6.07) is 11.6. The second-order valence-corrected chi connectivity index (χ2v) is 5.35. The number of anilines is 1. The maximum absolute atomic E-state index is 13.4. The van der Waals surface area contributed by atoms with Crippen molar-refractivity contribution >= 4 is 11.7 Å². The summed E-state index contributed by atoms with van der Waals surface area (Å²) in [5.74, 6) is 0.629. The van der Waals surface area contributed by atoms with E-state index in [0.717, 1.165) is 5.82 Å². The van der Waals surface area contributed by atoms with Gasteiger partial charge in [0.15, 0.2) is 18.2 Å². The van der Waals surface area contributed by atoms with Gasteiger partial charge in [-0.25, -0.2) is 14.4 Å². The summed E-state index contributed by atoms with van der Waals surface area (Å²) in [7, 11) is 0. The van der Waals surface area contributed by atoms with Gasteiger partial charge in [-0.15, -0.1) is 0 Å². The third kappa shape index (κ3) is 4.79. The Bertz CT molecular complexity index is 854. The summed E-state index contributed by atoms with van der Waals surface area (Å²) in [6.45, 7) is 0.613. The average Bonchev–Trinajstić information content (AvgIpc) is 3.20. The number of hydrogen-bond acceptors (Lipinski definition) is 5. The monoisotopic (exact) mass is 355 g/mol. The molecule has 0 fully saturated rings. The van der Waals surface area contributed by atoms with Crippen LogP contribution in [0.1, 0.15) is 0 Å². The zero-order valence-corrected chi connectivity index (χ0v) is 13.9. The first-order chi connectivity index (χ1) is 12.7. The molecule has 2 heterocycles. The highest BCUT2D eigenvalue weighted by molar-refractivity contribution is 5.77. The standard InChI is InChI=1S/C18H18FN5O2/c19-14-5-1-2-6-15(14)26-12-18(25)21-8-7-20-16-11-17(23-13-22-16)24-9-3-4-10-24/h1-6,9-11,13H,7-8,12H2,(H,21,25)(H,20,22,23). The quantitative estimate of drug-likeness (QED) is 0.604. The second kappa shape index (κ2) is 8.61. The van der Waals surface area contributed by atoms with Gasteiger partial charge < -0.3 is 19.9 Å². The van der Waals surface area contributed by atoms with Crippen LogP contribution in [0.5, 0.6) is 5.75 Å². The Hall–Kier alpha value is -3.42. The molecule has 2 N–H and O–H groups in total. The molecule has 0 saturated carbocycles. The molecular formula is C18H18FN5O2. The van der Waals surface area contributed by atoms with Gasteiger partial charge in [0.2, 0.25) is 0 Å². The minimum Gasteiger partial charge on any atom is -0.481 e. The zero-order valence-electron chi connectivity index (χ0n) is 13.9. The van der Waals surface area contributed by atoms with Crippen LogP contribution in [-0.2, 0) is 4.79 Å². The minimum absolute atomic E-state index is 0.0549. The van der Waals surface area contributed by atoms with E-state index in [1.165, 1.54) is 18.5 Å². The smallest absolute Gasteiger partial charge is 0.258 e. The number of rotatable bonds is 8. The molecule has 3 rings (SSSR count). The number of carbonyl (C=O) groups excluding carboxylic acids is 1. The number of nitrogens with zero attached hydrogens (tertiary/aromatic N) is 3. The van der Waals surface area contributed by atoms with Crippen molar-refractivity contribution in [2.45, 2.75) is 0 Å². The van der Waals surface area contributed by atoms with Crippen LogP contribution in [0.4, 0.5) is 10.2 Å². The van der Waals surface area contributed by atoms with Gasteiger partial charge in [0.1, 0.15) is 18.0 Å². The Morgan fingerprint density at radius 1 is 1.12 bits per heavy atom. The SMILES string of the molecule is O=C(COc1ccccc1F)NCCNc1cc(-n2cccc2)ncn1. The van der Waals surface area contributed by atoms with E-state index < -0.39 is 5.82 Å². The highest BCUT2D eigenvalue weighted by Gasteiger charge is 2.06. The molecule has 1 amide bonds. The predicted octanol–water partition coefficient (Wildman–Crippen LogP) is 2.01. The van der Waals surface area contributed by atoms with Crippen LogP contribution in [0, 0.1) is 5.82 Å². The number of carbonyl (C=O) groups is 1. The van der Waals surface area contributed by atoms with Crippen molar-refractivity contribution in [1.29, 1.82) is 0 Å². The Morgan fingerprint density at radius 3 is 2.73 bits per heavy atom. The highest BCUT2D eigenvalue weighted by atomic mass is 19.1. The van der Waals surface area contributed by atoms with E-state index in [0.29, 0.717) is 18.9 Å². The fourth-order valence-corrected chi connectivity index (χ4v) is 2.22. The molecule has 8 heteroatoms. The van der Waals surface area contributed by atoms with E-state index in [2.05, 4.69) is 20.6 Å². The van der Waals surface area contributed by atoms with Crippen molar-refractivity contribution in [2.75, 3.05) is 25.0 Å². The lowest BCUT2D eigenvalue weighted by Gasteiger charge is -2.10. The molecule has 7 nitrogen and oxygen atoms in total. The first-order valence-corrected chi connectivity index (χ1v) is 8.05. The molecule has 2 aromatic heterocycles. The summed E-state index contributed by atoms with van der Waals surface area (Å²) in [5.41, 5.74) is 0. The van der Waals surface area contributed by atoms with E-state index >= 15 is 0 Å². The van der Waals surface area contributed by atoms with Crippen molar-refractivity contribution in [3.05, 3.63) is 67.0 Å². The van der Waals surface area contributed by atoms with Crippen LogP contribution >= 0.6 is 0 Å². The Labute approximate surface area is 149 Å². The maximum atomic E-state index is 13.4. The van der Waals surface area contributed by atoms with Gasteiger partial charge in [-0.2, -0.15) is 0 Å². The molecule has 0 spiro atoms. The minimum atomic E-state index is -0.496. The third-order valence-corrected chi connectivity index (χ3v) is 3.47. The molecule has 3 aromatic rings. The van der Waals surface area contributed by atoms with Gasteiger partial charge in [0.25, 0.3) is 5.91 Å². The molecule has 0 aliphatic carbocycles. The van der Waals surface area contributed by atoms with Crippen LogP contribution in [0.15, 0.2) is 61.2 Å². The molecule has 0 saturated heterocycles. The number of benzene rings is 1. The van der Waals surface area contributed by atoms with Crippen molar-refractivity contribution in [1.82, 2.24) is 19.9 Å². The van der Waals surface area contributed by atoms with E-state index in [1.54, 1.807) is 12.1 Å². The fraction of sp³-hybridized carbons (Fsp3) is 0.167. The zero-order chi connectivity index (χ0) is 18.2. The summed E-state index contributed by atoms with van der Waals surface area (Å²) < 4.78 is 20.4. The van der Waals surface area contributed by atoms with E-state index in [9.17, 15) is 9.18 Å². The molecule has 0 aliphatic heterocycles. The number of amides is 1. The first kappa shape index (κ1) is 17.4. The number of nitrogens with one attached hydrogen (secondary N) is 2. The Kier molecular flexibility index (Phi) is 5.76. The average molecular weight is 355 g/mol. The summed E-state index contributed by atoms with van der Waals surface area (Å²) in [5, 5.41) is 5.79. The van der Waals surface area contributed by atoms with Gasteiger partial charge in [-0.1, -0.05) is 12.1 Å². The number of hydrogen-bond donors (Lipinski definition) is 2. The van der Waals surface area contributed by atoms with Crippen molar-refractivity contribution < 1.29 is 13.9 Å². The summed E-state index contributed by atoms with van der Waals surface area (Å²) in [6.07, 6.45) is 5.25. The molecule has 0 aliphatic rings. The molecular weight excluding hydrogens is 337 g/mol. The Morgan fingerprint density at radius 2 is 1.92 bits per heavy atom. The van der Waals surface area contributed by atoms with Gasteiger partial charge in [0.05, 0.1) is 0 Å². The van der Waals surface area contributed by atoms with Crippen LogP contribution in [0.25, 0.3) is 5.82 Å². The van der Waals surface area contributed by atoms with Crippen LogP contribution in [-0.4, -0.2) is 40.1 Å². The summed E-state index contributed by atoms with van der Waals surface area (Å²) >= 11 is 0. The van der Waals surface area contributed by atoms with Gasteiger partial charge in [-0.05, 0) is 24.3 Å². The van der Waals surface area contributed by atoms with Gasteiger partial charge >= 0.3 is 0 Å². The molecule has 0 bridgehead atoms. The number of para-hydroxylation sites is 1. The Balaban J connectivity index is 1.39. The van der Waals surface area contributed by atoms with Crippen LogP contribution in [0.2, 0.25) is 0 Å². The summed E-state index contributed by atoms with van der Waals surface area (Å²) in [4.78, 5) is 20.1. The number of ether oxygens (including phenoxy) is 1. The predicted molar refractivity (Wildman–Crippen MR) is 94.8 cm³/mol.